The van der Waals surface area contributed by atoms with Crippen LogP contribution in [0.3, 0.4) is 0 Å². The zero-order valence-electron chi connectivity index (χ0n) is 56.9. The molecular formula is C66H60N4OPtSi-2. The van der Waals surface area contributed by atoms with E-state index in [4.69, 9.17) is 22.1 Å². The number of nitrogens with zero attached hydrogens (tertiary/aromatic N) is 4. The number of aromatic nitrogens is 4. The van der Waals surface area contributed by atoms with Crippen molar-refractivity contribution in [1.29, 1.82) is 0 Å². The summed E-state index contributed by atoms with van der Waals surface area (Å²) in [7, 11) is -5.53. The number of rotatable bonds is 9. The first-order valence-corrected chi connectivity index (χ1v) is 25.8. The Morgan fingerprint density at radius 1 is 0.548 bits per heavy atom. The molecule has 0 N–H and O–H groups in total. The maximum Gasteiger partial charge on any atom is 0.268 e. The minimum atomic E-state index is -5.53. The molecule has 5 nitrogen and oxygen atoms in total. The molecule has 7 heteroatoms. The maximum absolute atomic E-state index is 9.73. The number of para-hydroxylation sites is 2. The number of benzene rings is 8. The normalized spacial score (nSPS) is 15.2. The molecule has 3 aromatic heterocycles. The Labute approximate surface area is 467 Å². The molecular weight excluding hydrogens is 1090 g/mol. The van der Waals surface area contributed by atoms with Gasteiger partial charge in [0.1, 0.15) is 5.82 Å². The number of hydrogen-bond acceptors (Lipinski definition) is 2. The van der Waals surface area contributed by atoms with Crippen LogP contribution in [0, 0.1) is 18.5 Å². The Balaban J connectivity index is 0.00000855. The number of pyridine rings is 1. The SMILES string of the molecule is [2H]c1c([2H])c([2H])c([Si](c2ccc3c(c2)n(-c2[c-]c(Oc4[c-]c5c(cc4)c4ccccc4n5-c4cc(C(C)(C)C)ccn4)ccc2)[c-][n+]3-c2c(C(C)(C)C)cccc2C(C)(C)C)(c2c([2H])c([2H])c([2H])c([2H])c2[2H])c2c([2H])c([2H])c([2H])c([2H])c2[2H])c([2H])c1[2H].[Pt]. The summed E-state index contributed by atoms with van der Waals surface area (Å²) >= 11 is 0. The molecule has 0 unspecified atom stereocenters. The Hall–Kier alpha value is -7.11. The van der Waals surface area contributed by atoms with Crippen LogP contribution in [-0.2, 0) is 37.3 Å². The van der Waals surface area contributed by atoms with Gasteiger partial charge in [0.05, 0.1) is 37.3 Å². The number of fused-ring (bicyclic) bond motifs is 4. The molecule has 3 heterocycles. The van der Waals surface area contributed by atoms with Crippen molar-refractivity contribution < 1.29 is 50.9 Å². The van der Waals surface area contributed by atoms with Crippen molar-refractivity contribution in [3.8, 4) is 28.7 Å². The van der Waals surface area contributed by atoms with Gasteiger partial charge in [0.15, 0.2) is 8.07 Å². The predicted molar refractivity (Wildman–Crippen MR) is 300 cm³/mol. The van der Waals surface area contributed by atoms with Gasteiger partial charge in [-0.2, -0.15) is 18.2 Å². The first kappa shape index (κ1) is 34.3. The molecule has 0 bridgehead atoms. The average Bonchev–Trinajstić information content (AvgIpc) is 0.888. The van der Waals surface area contributed by atoms with Gasteiger partial charge in [0.25, 0.3) is 6.33 Å². The molecule has 73 heavy (non-hydrogen) atoms. The molecule has 11 rings (SSSR count). The quantitative estimate of drug-likeness (QED) is 0.0625. The first-order chi connectivity index (χ1) is 40.8. The molecule has 0 aliphatic carbocycles. The van der Waals surface area contributed by atoms with Gasteiger partial charge in [-0.15, -0.1) is 29.7 Å². The summed E-state index contributed by atoms with van der Waals surface area (Å²) in [5.74, 6) is 1.31. The van der Waals surface area contributed by atoms with E-state index in [-0.39, 0.29) is 42.9 Å². The van der Waals surface area contributed by atoms with Crippen LogP contribution in [0.5, 0.6) is 11.5 Å². The Morgan fingerprint density at radius 3 is 1.74 bits per heavy atom. The van der Waals surface area contributed by atoms with E-state index in [9.17, 15) is 8.22 Å². The largest absolute Gasteiger partial charge is 0.510 e. The van der Waals surface area contributed by atoms with Gasteiger partial charge >= 0.3 is 0 Å². The van der Waals surface area contributed by atoms with Crippen molar-refractivity contribution in [3.63, 3.8) is 0 Å². The van der Waals surface area contributed by atoms with Crippen LogP contribution in [0.4, 0.5) is 0 Å². The van der Waals surface area contributed by atoms with Crippen molar-refractivity contribution in [2.24, 2.45) is 0 Å². The summed E-state index contributed by atoms with van der Waals surface area (Å²) in [6.45, 7) is 19.0. The zero-order chi connectivity index (χ0) is 63.0. The standard InChI is InChI=1S/C66H60N4OSi.Pt/c1-64(2,3)46-39-40-67-62(41-46)70-58-34-20-19-31-54(58)55-37-35-49(43-60(55)70)71-48-24-21-23-47(42-48)68-45-69(63-56(65(4,5)6)32-22-33-57(63)66(7,8)9)59-38-36-53(44-61(59)68)72(50-25-13-10-14-26-50,51-27-15-11-16-28-51)52-29-17-12-18-30-52;/h10-41,44H,1-9H3;/q-2;/i10D,11D,12D,13D,14D,15D,16D,17D,18D,25D,26D,27D,28D,29D,30D;. The fraction of sp³-hybridized carbons (Fsp3) is 0.182. The summed E-state index contributed by atoms with van der Waals surface area (Å²) < 4.78 is 152. The van der Waals surface area contributed by atoms with Gasteiger partial charge in [0.2, 0.25) is 0 Å². The average molecular weight is 1160 g/mol. The van der Waals surface area contributed by atoms with E-state index in [1.54, 1.807) is 41.1 Å². The summed E-state index contributed by atoms with van der Waals surface area (Å²) in [6.07, 6.45) is 5.44. The van der Waals surface area contributed by atoms with Crippen LogP contribution in [0.2, 0.25) is 0 Å². The van der Waals surface area contributed by atoms with E-state index in [1.165, 1.54) is 6.07 Å². The second-order valence-electron chi connectivity index (χ2n) is 21.0. The molecule has 0 radical (unpaired) electrons. The van der Waals surface area contributed by atoms with Crippen molar-refractivity contribution in [2.45, 2.75) is 78.6 Å². The minimum Gasteiger partial charge on any atom is -0.510 e. The van der Waals surface area contributed by atoms with E-state index in [1.807, 2.05) is 59.2 Å². The summed E-state index contributed by atoms with van der Waals surface area (Å²) in [5.41, 5.74) is 5.40. The molecule has 8 aromatic carbocycles. The smallest absolute Gasteiger partial charge is 0.268 e. The van der Waals surface area contributed by atoms with Gasteiger partial charge in [-0.3, -0.25) is 4.57 Å². The molecule has 366 valence electrons. The monoisotopic (exact) mass is 1160 g/mol. The second kappa shape index (κ2) is 19.1. The van der Waals surface area contributed by atoms with Crippen LogP contribution >= 0.6 is 0 Å². The van der Waals surface area contributed by atoms with Crippen LogP contribution in [-0.4, -0.2) is 22.2 Å². The van der Waals surface area contributed by atoms with Crippen LogP contribution in [0.15, 0.2) is 200 Å². The summed E-state index contributed by atoms with van der Waals surface area (Å²) in [5, 5.41) is 0.0699. The molecule has 0 saturated heterocycles. The molecule has 0 aliphatic rings. The van der Waals surface area contributed by atoms with Crippen molar-refractivity contribution in [2.75, 3.05) is 0 Å². The molecule has 0 atom stereocenters. The Morgan fingerprint density at radius 2 is 1.14 bits per heavy atom. The van der Waals surface area contributed by atoms with Gasteiger partial charge in [0, 0.05) is 44.3 Å². The zero-order valence-corrected chi connectivity index (χ0v) is 45.2. The van der Waals surface area contributed by atoms with E-state index < -0.39 is 125 Å². The molecule has 0 aliphatic heterocycles. The first-order valence-electron chi connectivity index (χ1n) is 31.3. The third-order valence-electron chi connectivity index (χ3n) is 13.2. The fourth-order valence-electron chi connectivity index (χ4n) is 9.73. The predicted octanol–water partition coefficient (Wildman–Crippen LogP) is 12.9. The van der Waals surface area contributed by atoms with Gasteiger partial charge in [-0.05, 0) is 83.0 Å². The Bertz CT molecular complexity index is 4430. The minimum absolute atomic E-state index is 0. The number of hydrogen-bond donors (Lipinski definition) is 0. The second-order valence-corrected chi connectivity index (χ2v) is 24.6. The van der Waals surface area contributed by atoms with Crippen molar-refractivity contribution in [1.82, 2.24) is 14.1 Å². The molecule has 0 spiro atoms. The number of ether oxygens (including phenoxy) is 1. The summed E-state index contributed by atoms with van der Waals surface area (Å²) in [6, 6.07) is 26.3. The molecule has 0 saturated carbocycles. The van der Waals surface area contributed by atoms with Gasteiger partial charge in [-0.1, -0.05) is 213 Å². The molecule has 11 aromatic rings. The van der Waals surface area contributed by atoms with Gasteiger partial charge in [-0.25, -0.2) is 4.98 Å². The van der Waals surface area contributed by atoms with E-state index >= 15 is 0 Å². The number of imidazole rings is 1. The van der Waals surface area contributed by atoms with E-state index in [2.05, 4.69) is 97.5 Å². The van der Waals surface area contributed by atoms with Crippen LogP contribution < -0.4 is 30.1 Å². The fourth-order valence-corrected chi connectivity index (χ4v) is 13.5. The molecule has 0 fully saturated rings. The summed E-state index contributed by atoms with van der Waals surface area (Å²) in [4.78, 5) is 4.83. The van der Waals surface area contributed by atoms with E-state index in [0.29, 0.717) is 22.8 Å². The van der Waals surface area contributed by atoms with Gasteiger partial charge < -0.3 is 13.9 Å². The third-order valence-corrected chi connectivity index (χ3v) is 17.4. The Kier molecular flexibility index (Phi) is 8.96. The van der Waals surface area contributed by atoms with Crippen LogP contribution in [0.25, 0.3) is 50.0 Å². The topological polar surface area (TPSA) is 35.9 Å². The third kappa shape index (κ3) is 8.89. The maximum atomic E-state index is 9.73. The van der Waals surface area contributed by atoms with E-state index in [0.717, 1.165) is 44.2 Å². The molecule has 0 amide bonds. The van der Waals surface area contributed by atoms with Crippen molar-refractivity contribution >= 4 is 61.7 Å². The van der Waals surface area contributed by atoms with Crippen molar-refractivity contribution in [3.05, 3.63) is 235 Å². The van der Waals surface area contributed by atoms with Crippen LogP contribution in [0.1, 0.15) is 99.6 Å².